The number of rotatable bonds is 3. The number of hydrogen-bond acceptors (Lipinski definition) is 6. The Morgan fingerprint density at radius 1 is 1.03 bits per heavy atom. The summed E-state index contributed by atoms with van der Waals surface area (Å²) in [6.45, 7) is 11.7. The van der Waals surface area contributed by atoms with Crippen molar-refractivity contribution in [2.45, 2.75) is 65.4 Å². The van der Waals surface area contributed by atoms with Gasteiger partial charge in [-0.25, -0.2) is 9.59 Å². The van der Waals surface area contributed by atoms with Gasteiger partial charge in [-0.05, 0) is 53.2 Å². The van der Waals surface area contributed by atoms with E-state index in [0.717, 1.165) is 5.56 Å². The maximum atomic E-state index is 12.9. The Morgan fingerprint density at radius 2 is 1.63 bits per heavy atom. The fourth-order valence-electron chi connectivity index (χ4n) is 3.20. The Kier molecular flexibility index (Phi) is 7.23. The summed E-state index contributed by atoms with van der Waals surface area (Å²) in [7, 11) is 1.53. The molecule has 1 atom stereocenters. The first-order valence-corrected chi connectivity index (χ1v) is 10.1. The van der Waals surface area contributed by atoms with Crippen LogP contribution in [0.15, 0.2) is 18.2 Å². The molecule has 0 aromatic heterocycles. The van der Waals surface area contributed by atoms with Crippen molar-refractivity contribution in [2.24, 2.45) is 0 Å². The molecule has 1 N–H and O–H groups in total. The van der Waals surface area contributed by atoms with E-state index >= 15 is 0 Å². The molecular weight excluding hydrogens is 388 g/mol. The molecule has 1 aromatic rings. The summed E-state index contributed by atoms with van der Waals surface area (Å²) in [5.74, 6) is 0.522. The van der Waals surface area contributed by atoms with Gasteiger partial charge in [0.1, 0.15) is 17.0 Å². The lowest BCUT2D eigenvalue weighted by Crippen LogP contribution is -2.54. The number of benzene rings is 1. The molecule has 2 amide bonds. The molecule has 0 aliphatic carbocycles. The number of aliphatic hydroxyl groups excluding tert-OH is 1. The van der Waals surface area contributed by atoms with Crippen LogP contribution in [0.4, 0.5) is 9.59 Å². The van der Waals surface area contributed by atoms with Crippen molar-refractivity contribution in [3.63, 3.8) is 0 Å². The Balaban J connectivity index is 2.35. The van der Waals surface area contributed by atoms with Gasteiger partial charge in [0.05, 0.1) is 19.8 Å². The lowest BCUT2D eigenvalue weighted by Gasteiger charge is -2.42. The predicted molar refractivity (Wildman–Crippen MR) is 112 cm³/mol. The number of hydrogen-bond donors (Lipinski definition) is 1. The van der Waals surface area contributed by atoms with E-state index in [4.69, 9.17) is 14.2 Å². The lowest BCUT2D eigenvalue weighted by atomic mass is 10.0. The average Bonchev–Trinajstić information content (AvgIpc) is 2.64. The summed E-state index contributed by atoms with van der Waals surface area (Å²) >= 11 is 0. The van der Waals surface area contributed by atoms with Gasteiger partial charge < -0.3 is 24.2 Å². The largest absolute Gasteiger partial charge is 0.496 e. The van der Waals surface area contributed by atoms with E-state index in [0.29, 0.717) is 24.4 Å². The molecule has 1 saturated heterocycles. The minimum atomic E-state index is -0.637. The molecule has 0 spiro atoms. The molecule has 1 fully saturated rings. The van der Waals surface area contributed by atoms with Crippen molar-refractivity contribution >= 4 is 12.2 Å². The second-order valence-corrected chi connectivity index (χ2v) is 9.35. The van der Waals surface area contributed by atoms with Crippen LogP contribution in [0.25, 0.3) is 0 Å². The van der Waals surface area contributed by atoms with Gasteiger partial charge in [-0.2, -0.15) is 0 Å². The highest BCUT2D eigenvalue weighted by Gasteiger charge is 2.37. The topological polar surface area (TPSA) is 88.5 Å². The predicted octanol–water partition coefficient (Wildman–Crippen LogP) is 3.72. The number of carbonyl (C=O) groups excluding carboxylic acids is 2. The zero-order chi connectivity index (χ0) is 22.7. The molecule has 1 heterocycles. The number of amides is 2. The van der Waals surface area contributed by atoms with Crippen LogP contribution >= 0.6 is 0 Å². The molecule has 30 heavy (non-hydrogen) atoms. The quantitative estimate of drug-likeness (QED) is 0.799. The van der Waals surface area contributed by atoms with Gasteiger partial charge >= 0.3 is 12.2 Å². The van der Waals surface area contributed by atoms with Crippen molar-refractivity contribution in [1.82, 2.24) is 9.80 Å². The van der Waals surface area contributed by atoms with Crippen LogP contribution in [0, 0.1) is 0 Å². The fourth-order valence-corrected chi connectivity index (χ4v) is 3.20. The van der Waals surface area contributed by atoms with Gasteiger partial charge in [-0.3, -0.25) is 4.90 Å². The normalized spacial score (nSPS) is 17.5. The van der Waals surface area contributed by atoms with Crippen LogP contribution < -0.4 is 4.74 Å². The smallest absolute Gasteiger partial charge is 0.410 e. The minimum Gasteiger partial charge on any atom is -0.496 e. The highest BCUT2D eigenvalue weighted by atomic mass is 16.6. The highest BCUT2D eigenvalue weighted by molar-refractivity contribution is 5.71. The summed E-state index contributed by atoms with van der Waals surface area (Å²) < 4.78 is 16.5. The fraction of sp³-hybridized carbons (Fsp3) is 0.636. The molecule has 8 nitrogen and oxygen atoms in total. The number of nitrogens with zero attached hydrogens (tertiary/aromatic N) is 2. The molecule has 1 aliphatic rings. The maximum absolute atomic E-state index is 12.9. The van der Waals surface area contributed by atoms with Crippen LogP contribution in [0.2, 0.25) is 0 Å². The molecule has 0 saturated carbocycles. The van der Waals surface area contributed by atoms with E-state index in [1.165, 1.54) is 7.11 Å². The SMILES string of the molecule is COc1cc(C2CN(C(=O)OC(C)(C)C)CCN2C(=O)OC(C)(C)C)ccc1CO. The van der Waals surface area contributed by atoms with Crippen LogP contribution in [-0.4, -0.2) is 65.0 Å². The van der Waals surface area contributed by atoms with Gasteiger partial charge in [-0.1, -0.05) is 12.1 Å². The van der Waals surface area contributed by atoms with E-state index < -0.39 is 29.4 Å². The first-order valence-electron chi connectivity index (χ1n) is 10.1. The number of aliphatic hydroxyl groups is 1. The van der Waals surface area contributed by atoms with Crippen molar-refractivity contribution in [3.05, 3.63) is 29.3 Å². The molecule has 1 unspecified atom stereocenters. The third-order valence-corrected chi connectivity index (χ3v) is 4.53. The maximum Gasteiger partial charge on any atom is 0.410 e. The van der Waals surface area contributed by atoms with Crippen molar-refractivity contribution in [1.29, 1.82) is 0 Å². The Hall–Kier alpha value is -2.48. The standard InChI is InChI=1S/C22H34N2O6/c1-21(2,3)29-19(26)23-10-11-24(20(27)30-22(4,5)6)17(13-23)15-8-9-16(14-25)18(12-15)28-7/h8-9,12,17,25H,10-11,13-14H2,1-7H3. The second-order valence-electron chi connectivity index (χ2n) is 9.35. The second kappa shape index (κ2) is 9.12. The average molecular weight is 423 g/mol. The lowest BCUT2D eigenvalue weighted by molar-refractivity contribution is -0.0152. The van der Waals surface area contributed by atoms with Crippen molar-refractivity contribution < 1.29 is 28.9 Å². The molecule has 0 radical (unpaired) electrons. The van der Waals surface area contributed by atoms with Gasteiger partial charge in [0.2, 0.25) is 0 Å². The van der Waals surface area contributed by atoms with E-state index in [2.05, 4.69) is 0 Å². The Bertz CT molecular complexity index is 766. The number of methoxy groups -OCH3 is 1. The third-order valence-electron chi connectivity index (χ3n) is 4.53. The summed E-state index contributed by atoms with van der Waals surface area (Å²) in [4.78, 5) is 28.7. The number of carbonyl (C=O) groups is 2. The number of ether oxygens (including phenoxy) is 3. The van der Waals surface area contributed by atoms with E-state index in [9.17, 15) is 14.7 Å². The first kappa shape index (κ1) is 23.8. The molecule has 0 bridgehead atoms. The van der Waals surface area contributed by atoms with Crippen LogP contribution in [0.1, 0.15) is 58.7 Å². The summed E-state index contributed by atoms with van der Waals surface area (Å²) in [5, 5.41) is 9.51. The van der Waals surface area contributed by atoms with Crippen LogP contribution in [0.3, 0.4) is 0 Å². The molecule has 8 heteroatoms. The van der Waals surface area contributed by atoms with Gasteiger partial charge in [-0.15, -0.1) is 0 Å². The number of piperazine rings is 1. The first-order chi connectivity index (χ1) is 13.8. The van der Waals surface area contributed by atoms with Crippen molar-refractivity contribution in [3.8, 4) is 5.75 Å². The van der Waals surface area contributed by atoms with Gasteiger partial charge in [0.15, 0.2) is 0 Å². The Labute approximate surface area is 178 Å². The van der Waals surface area contributed by atoms with Crippen molar-refractivity contribution in [2.75, 3.05) is 26.7 Å². The monoisotopic (exact) mass is 422 g/mol. The highest BCUT2D eigenvalue weighted by Crippen LogP contribution is 2.32. The molecule has 1 aliphatic heterocycles. The van der Waals surface area contributed by atoms with E-state index in [1.807, 2.05) is 47.6 Å². The zero-order valence-corrected chi connectivity index (χ0v) is 19.0. The summed E-state index contributed by atoms with van der Waals surface area (Å²) in [5.41, 5.74) is 0.177. The molecule has 1 aromatic carbocycles. The van der Waals surface area contributed by atoms with Crippen LogP contribution in [0.5, 0.6) is 5.75 Å². The minimum absolute atomic E-state index is 0.159. The van der Waals surface area contributed by atoms with Gasteiger partial charge in [0, 0.05) is 25.2 Å². The third kappa shape index (κ3) is 6.26. The van der Waals surface area contributed by atoms with Gasteiger partial charge in [0.25, 0.3) is 0 Å². The Morgan fingerprint density at radius 3 is 2.17 bits per heavy atom. The molecule has 168 valence electrons. The van der Waals surface area contributed by atoms with Crippen LogP contribution in [-0.2, 0) is 16.1 Å². The summed E-state index contributed by atoms with van der Waals surface area (Å²) in [6, 6.07) is 4.93. The molecule has 2 rings (SSSR count). The molecular formula is C22H34N2O6. The summed E-state index contributed by atoms with van der Waals surface area (Å²) in [6.07, 6.45) is -0.864. The van der Waals surface area contributed by atoms with E-state index in [1.54, 1.807) is 21.9 Å². The van der Waals surface area contributed by atoms with E-state index in [-0.39, 0.29) is 13.2 Å². The zero-order valence-electron chi connectivity index (χ0n) is 19.0.